The summed E-state index contributed by atoms with van der Waals surface area (Å²) in [6.07, 6.45) is 0. The van der Waals surface area contributed by atoms with E-state index in [0.717, 1.165) is 157 Å². The van der Waals surface area contributed by atoms with Crippen molar-refractivity contribution in [1.82, 2.24) is 0 Å². The Kier molecular flexibility index (Phi) is 16.3. The highest BCUT2D eigenvalue weighted by molar-refractivity contribution is 7.03. The van der Waals surface area contributed by atoms with Crippen LogP contribution in [0.5, 0.6) is 23.0 Å². The van der Waals surface area contributed by atoms with Crippen molar-refractivity contribution in [3.63, 3.8) is 0 Å². The van der Waals surface area contributed by atoms with Crippen LogP contribution >= 0.6 is 0 Å². The summed E-state index contributed by atoms with van der Waals surface area (Å²) in [4.78, 5) is 5.22. The lowest BCUT2D eigenvalue weighted by Gasteiger charge is -2.47. The van der Waals surface area contributed by atoms with E-state index in [0.29, 0.717) is 0 Å². The van der Waals surface area contributed by atoms with Crippen LogP contribution < -0.4 is 52.1 Å². The normalized spacial score (nSPS) is 13.3. The van der Waals surface area contributed by atoms with Crippen LogP contribution in [0.1, 0.15) is 48.6 Å². The minimum atomic E-state index is -0.651. The van der Waals surface area contributed by atoms with E-state index in [1.165, 1.54) is 61.1 Å². The van der Waals surface area contributed by atoms with Crippen LogP contribution in [0.2, 0.25) is 0 Å². The van der Waals surface area contributed by atoms with Gasteiger partial charge in [-0.1, -0.05) is 391 Å². The molecule has 18 aromatic carbocycles. The second-order valence-corrected chi connectivity index (χ2v) is 33.2. The zero-order valence-electron chi connectivity index (χ0n) is 66.2. The molecule has 0 radical (unpaired) electrons. The Morgan fingerprint density at radius 1 is 0.235 bits per heavy atom. The van der Waals surface area contributed by atoms with Crippen molar-refractivity contribution in [1.29, 1.82) is 0 Å². The van der Waals surface area contributed by atoms with Crippen molar-refractivity contribution in [2.24, 2.45) is 0 Å². The quantitative estimate of drug-likeness (QED) is 0.114. The Bertz CT molecular complexity index is 7020. The molecule has 5 aliphatic rings. The molecule has 0 saturated carbocycles. The summed E-state index contributed by atoms with van der Waals surface area (Å²) in [6, 6.07) is 156. The fraction of sp³-hybridized carbons (Fsp3) is 0.0442. The molecule has 0 spiro atoms. The van der Waals surface area contributed by atoms with Crippen LogP contribution in [0.25, 0.3) is 100 Å². The molecule has 119 heavy (non-hydrogen) atoms. The van der Waals surface area contributed by atoms with Crippen LogP contribution in [0, 0.1) is 0 Å². The molecule has 0 amide bonds. The molecule has 0 N–H and O–H groups in total. The first-order chi connectivity index (χ1) is 58.7. The average molecular weight is 1520 g/mol. The predicted octanol–water partition coefficient (Wildman–Crippen LogP) is 25.5. The molecule has 18 aromatic rings. The maximum Gasteiger partial charge on any atom is 0.260 e. The topological polar surface area (TPSA) is 24.9 Å². The number of para-hydroxylation sites is 2. The summed E-state index contributed by atoms with van der Waals surface area (Å²) >= 11 is 0. The minimum Gasteiger partial charge on any atom is -0.459 e. The van der Waals surface area contributed by atoms with E-state index in [4.69, 9.17) is 9.47 Å². The fourth-order valence-corrected chi connectivity index (χ4v) is 20.2. The first-order valence-corrected chi connectivity index (χ1v) is 41.5. The Balaban J connectivity index is 0.832. The lowest BCUT2D eigenvalue weighted by atomic mass is 9.30. The van der Waals surface area contributed by atoms with E-state index < -0.39 is 18.8 Å². The molecule has 4 aliphatic heterocycles. The van der Waals surface area contributed by atoms with E-state index in [1.807, 2.05) is 0 Å². The molecule has 23 rings (SSSR count). The van der Waals surface area contributed by atoms with Gasteiger partial charge in [0.1, 0.15) is 23.0 Å². The van der Waals surface area contributed by atoms with Gasteiger partial charge in [-0.25, -0.2) is 0 Å². The molecule has 1 aliphatic carbocycles. The van der Waals surface area contributed by atoms with Crippen molar-refractivity contribution in [3.8, 4) is 123 Å². The van der Waals surface area contributed by atoms with Crippen LogP contribution in [0.3, 0.4) is 0 Å². The Hall–Kier alpha value is -14.7. The molecular weight excluding hydrogens is 1440 g/mol. The van der Waals surface area contributed by atoms with Crippen molar-refractivity contribution in [2.75, 3.05) is 9.80 Å². The van der Waals surface area contributed by atoms with Gasteiger partial charge in [0.25, 0.3) is 13.4 Å². The lowest BCUT2D eigenvalue weighted by molar-refractivity contribution is 0.468. The molecule has 0 aromatic heterocycles. The number of hydrogen-bond acceptors (Lipinski definition) is 4. The second kappa shape index (κ2) is 27.8. The molecular formula is C113H78B2N2O2. The number of anilines is 6. The number of nitrogens with zero attached hydrogens (tertiary/aromatic N) is 2. The van der Waals surface area contributed by atoms with E-state index in [2.05, 4.69) is 449 Å². The number of rotatable bonds is 12. The Labute approximate surface area is 696 Å². The number of hydrogen-bond donors (Lipinski definition) is 0. The first-order valence-electron chi connectivity index (χ1n) is 41.5. The maximum atomic E-state index is 8.35. The summed E-state index contributed by atoms with van der Waals surface area (Å²) < 4.78 is 16.6. The average Bonchev–Trinajstić information content (AvgIpc) is 0.986. The van der Waals surface area contributed by atoms with Gasteiger partial charge in [0.2, 0.25) is 0 Å². The SMILES string of the molecule is CC(C)(C)c1cc2c3c(c1)N(c1ccccc1-c1ccc(-c4ccccc4)cc1)c1cc4c5c(c1B3c1ccc(-c3ccccc3)cc1N2c1ccccc1-c1ccc(-c2ccccc2)cc1)Oc1cc(-c2ccccc2)ccc1B5c1cc(-c2ccccc2)cc(-c2cccc3c2-c2ccccc2C3(c2ccccc2)c2ccccc2)c1O4. The van der Waals surface area contributed by atoms with Crippen molar-refractivity contribution < 1.29 is 9.47 Å². The van der Waals surface area contributed by atoms with Gasteiger partial charge >= 0.3 is 0 Å². The summed E-state index contributed by atoms with van der Waals surface area (Å²) in [7, 11) is 0. The molecule has 558 valence electrons. The van der Waals surface area contributed by atoms with E-state index in [9.17, 15) is 0 Å². The molecule has 0 fully saturated rings. The summed E-state index contributed by atoms with van der Waals surface area (Å²) in [5, 5.41) is 0. The molecule has 0 bridgehead atoms. The third kappa shape index (κ3) is 11.1. The first kappa shape index (κ1) is 69.8. The third-order valence-corrected chi connectivity index (χ3v) is 25.6. The molecule has 0 unspecified atom stereocenters. The van der Waals surface area contributed by atoms with E-state index >= 15 is 0 Å². The molecule has 4 nitrogen and oxygen atoms in total. The van der Waals surface area contributed by atoms with Gasteiger partial charge in [-0.2, -0.15) is 0 Å². The van der Waals surface area contributed by atoms with Crippen LogP contribution in [0.15, 0.2) is 419 Å². The number of fused-ring (bicyclic) bond motifs is 12. The maximum absolute atomic E-state index is 8.35. The van der Waals surface area contributed by atoms with Gasteiger partial charge in [0.15, 0.2) is 0 Å². The van der Waals surface area contributed by atoms with Gasteiger partial charge in [-0.05, 0) is 186 Å². The highest BCUT2D eigenvalue weighted by Gasteiger charge is 2.53. The van der Waals surface area contributed by atoms with Gasteiger partial charge < -0.3 is 19.3 Å². The van der Waals surface area contributed by atoms with Crippen molar-refractivity contribution >= 4 is 80.3 Å². The largest absolute Gasteiger partial charge is 0.459 e. The van der Waals surface area contributed by atoms with Crippen LogP contribution in [-0.4, -0.2) is 13.4 Å². The van der Waals surface area contributed by atoms with Gasteiger partial charge in [-0.3, -0.25) is 0 Å². The molecule has 6 heteroatoms. The Morgan fingerprint density at radius 2 is 0.639 bits per heavy atom. The summed E-state index contributed by atoms with van der Waals surface area (Å²) in [5.41, 5.74) is 38.3. The Morgan fingerprint density at radius 3 is 1.18 bits per heavy atom. The zero-order valence-corrected chi connectivity index (χ0v) is 66.2. The standard InChI is InChI=1S/C113H78B2N2O2/c1-112(2,3)87-70-101-107-102(71-87)117(99-53-30-27-47-89(99)81-60-56-79(57-61-81)74-34-13-5-14-35-74)103-72-105-109-111(108(103)115(107)95-64-62-82(75-36-15-6-16-37-75)68-100(95)116(101)98-52-29-26-46-88(98)80-58-54-78(55-59-80)73-32-11-4-12-33-73)118-104-69-83(76-38-17-7-18-39-76)63-65-96(104)114(109)97-67-84(77-40-19-8-20-41-77)66-92(110(97)119-105)90-49-31-51-94-106(90)91-48-25-28-50-93(91)113(94,85-42-21-9-22-43-85)86-44-23-10-24-45-86/h4-72H,1-3H3. The number of ether oxygens (including phenoxy) is 2. The van der Waals surface area contributed by atoms with Crippen LogP contribution in [-0.2, 0) is 10.8 Å². The minimum absolute atomic E-state index is 0.343. The monoisotopic (exact) mass is 1520 g/mol. The van der Waals surface area contributed by atoms with E-state index in [-0.39, 0.29) is 5.41 Å². The highest BCUT2D eigenvalue weighted by Crippen LogP contribution is 2.60. The zero-order chi connectivity index (χ0) is 79.0. The van der Waals surface area contributed by atoms with Gasteiger partial charge in [0, 0.05) is 51.0 Å². The second-order valence-electron chi connectivity index (χ2n) is 33.2. The third-order valence-electron chi connectivity index (χ3n) is 25.6. The predicted molar refractivity (Wildman–Crippen MR) is 498 cm³/mol. The highest BCUT2D eigenvalue weighted by atomic mass is 16.5. The van der Waals surface area contributed by atoms with E-state index in [1.54, 1.807) is 0 Å². The molecule has 4 heterocycles. The van der Waals surface area contributed by atoms with Gasteiger partial charge in [0.05, 0.1) is 16.8 Å². The fourth-order valence-electron chi connectivity index (χ4n) is 20.2. The smallest absolute Gasteiger partial charge is 0.260 e. The number of benzene rings is 18. The van der Waals surface area contributed by atoms with Crippen LogP contribution in [0.4, 0.5) is 34.1 Å². The molecule has 0 saturated heterocycles. The summed E-state index contributed by atoms with van der Waals surface area (Å²) in [5.74, 6) is 3.16. The lowest BCUT2D eigenvalue weighted by Crippen LogP contribution is -2.65. The summed E-state index contributed by atoms with van der Waals surface area (Å²) in [6.45, 7) is 6.30. The van der Waals surface area contributed by atoms with Crippen molar-refractivity contribution in [2.45, 2.75) is 31.6 Å². The molecule has 0 atom stereocenters. The van der Waals surface area contributed by atoms with Crippen molar-refractivity contribution in [3.05, 3.63) is 446 Å². The van der Waals surface area contributed by atoms with Gasteiger partial charge in [-0.15, -0.1) is 0 Å².